The highest BCUT2D eigenvalue weighted by molar-refractivity contribution is 5.95. The molecular formula is C36H56O8. The predicted molar refractivity (Wildman–Crippen MR) is 169 cm³/mol. The van der Waals surface area contributed by atoms with Crippen molar-refractivity contribution >= 4 is 17.7 Å². The van der Waals surface area contributed by atoms with Crippen LogP contribution in [0.1, 0.15) is 119 Å². The van der Waals surface area contributed by atoms with E-state index in [0.29, 0.717) is 24.0 Å². The minimum atomic E-state index is -2.29. The lowest BCUT2D eigenvalue weighted by molar-refractivity contribution is -0.190. The summed E-state index contributed by atoms with van der Waals surface area (Å²) >= 11 is 0. The van der Waals surface area contributed by atoms with Crippen LogP contribution in [0.5, 0.6) is 0 Å². The molecule has 248 valence electrons. The van der Waals surface area contributed by atoms with E-state index in [4.69, 9.17) is 9.47 Å². The smallest absolute Gasteiger partial charge is 0.333 e. The van der Waals surface area contributed by atoms with Gasteiger partial charge in [0.25, 0.3) is 0 Å². The van der Waals surface area contributed by atoms with Gasteiger partial charge in [-0.05, 0) is 50.7 Å². The summed E-state index contributed by atoms with van der Waals surface area (Å²) in [5, 5.41) is 35.3. The maximum Gasteiger partial charge on any atom is 0.333 e. The fraction of sp³-hybridized carbons (Fsp3) is 0.750. The number of allylic oxidation sites excluding steroid dienone is 1. The normalized spacial score (nSPS) is 33.1. The first-order chi connectivity index (χ1) is 20.7. The Morgan fingerprint density at radius 2 is 1.61 bits per heavy atom. The molecule has 7 atom stereocenters. The van der Waals surface area contributed by atoms with E-state index < -0.39 is 64.9 Å². The number of fused-ring (bicyclic) bond motifs is 1. The number of ketones is 1. The number of aliphatic hydroxyl groups excluding tert-OH is 2. The third kappa shape index (κ3) is 6.92. The van der Waals surface area contributed by atoms with Gasteiger partial charge in [0.15, 0.2) is 5.78 Å². The molecule has 0 radical (unpaired) electrons. The Bertz CT molecular complexity index is 1150. The molecule has 2 bridgehead atoms. The van der Waals surface area contributed by atoms with Gasteiger partial charge in [-0.3, -0.25) is 9.59 Å². The molecule has 44 heavy (non-hydrogen) atoms. The summed E-state index contributed by atoms with van der Waals surface area (Å²) in [5.41, 5.74) is -3.77. The number of unbranched alkanes of at least 4 members (excludes halogenated alkanes) is 8. The first-order valence-electron chi connectivity index (χ1n) is 16.7. The Labute approximate surface area is 264 Å². The quantitative estimate of drug-likeness (QED) is 0.0949. The highest BCUT2D eigenvalue weighted by Crippen LogP contribution is 2.61. The van der Waals surface area contributed by atoms with Gasteiger partial charge in [-0.2, -0.15) is 0 Å². The number of rotatable bonds is 14. The zero-order valence-corrected chi connectivity index (χ0v) is 28.0. The topological polar surface area (TPSA) is 130 Å². The number of hydrogen-bond acceptors (Lipinski definition) is 8. The van der Waals surface area contributed by atoms with Crippen LogP contribution >= 0.6 is 0 Å². The Morgan fingerprint density at radius 1 is 1.02 bits per heavy atom. The molecule has 0 unspecified atom stereocenters. The lowest BCUT2D eigenvalue weighted by atomic mass is 9.59. The lowest BCUT2D eigenvalue weighted by Gasteiger charge is -2.48. The minimum absolute atomic E-state index is 0.0945. The second-order valence-corrected chi connectivity index (χ2v) is 14.1. The summed E-state index contributed by atoms with van der Waals surface area (Å²) in [4.78, 5) is 40.4. The van der Waals surface area contributed by atoms with Crippen LogP contribution < -0.4 is 0 Å². The number of carbonyl (C=O) groups is 3. The number of aliphatic hydroxyl groups is 3. The number of Topliss-reactive ketones (excluding diaryl/α,β-unsaturated/α-hetero) is 1. The zero-order chi connectivity index (χ0) is 32.9. The van der Waals surface area contributed by atoms with Gasteiger partial charge in [0, 0.05) is 17.4 Å². The number of ether oxygens (including phenoxy) is 2. The van der Waals surface area contributed by atoms with Crippen LogP contribution in [0.3, 0.4) is 0 Å². The number of esters is 2. The maximum absolute atomic E-state index is 14.7. The monoisotopic (exact) mass is 616 g/mol. The molecule has 0 amide bonds. The van der Waals surface area contributed by atoms with E-state index in [1.54, 1.807) is 32.9 Å². The predicted octanol–water partition coefficient (Wildman–Crippen LogP) is 5.92. The molecule has 0 aromatic heterocycles. The molecule has 1 fully saturated rings. The van der Waals surface area contributed by atoms with Crippen molar-refractivity contribution in [3.63, 3.8) is 0 Å². The highest BCUT2D eigenvalue weighted by Gasteiger charge is 2.72. The summed E-state index contributed by atoms with van der Waals surface area (Å²) in [6.45, 7) is 12.5. The average Bonchev–Trinajstić information content (AvgIpc) is 3.13. The molecule has 3 rings (SSSR count). The molecule has 0 aromatic rings. The molecule has 1 spiro atoms. The van der Waals surface area contributed by atoms with Crippen LogP contribution in [0.2, 0.25) is 0 Å². The Morgan fingerprint density at radius 3 is 2.20 bits per heavy atom. The van der Waals surface area contributed by atoms with Gasteiger partial charge in [-0.15, -0.1) is 0 Å². The van der Waals surface area contributed by atoms with Crippen molar-refractivity contribution in [2.24, 2.45) is 22.7 Å². The summed E-state index contributed by atoms with van der Waals surface area (Å²) in [6.07, 6.45) is 11.3. The van der Waals surface area contributed by atoms with Crippen molar-refractivity contribution in [3.05, 3.63) is 34.9 Å². The van der Waals surface area contributed by atoms with Crippen LogP contribution in [0.4, 0.5) is 0 Å². The molecule has 1 saturated carbocycles. The Kier molecular flexibility index (Phi) is 12.2. The van der Waals surface area contributed by atoms with Crippen LogP contribution in [-0.4, -0.2) is 63.6 Å². The van der Waals surface area contributed by atoms with Crippen LogP contribution in [0.15, 0.2) is 34.9 Å². The fourth-order valence-electron chi connectivity index (χ4n) is 7.81. The molecule has 0 heterocycles. The van der Waals surface area contributed by atoms with Gasteiger partial charge in [0.05, 0.1) is 11.3 Å². The first kappa shape index (κ1) is 36.2. The van der Waals surface area contributed by atoms with E-state index in [-0.39, 0.29) is 18.0 Å². The third-order valence-electron chi connectivity index (χ3n) is 10.4. The van der Waals surface area contributed by atoms with Gasteiger partial charge in [-0.1, -0.05) is 97.3 Å². The zero-order valence-electron chi connectivity index (χ0n) is 28.0. The third-order valence-corrected chi connectivity index (χ3v) is 10.4. The summed E-state index contributed by atoms with van der Waals surface area (Å²) in [5.74, 6) is -2.94. The Balaban J connectivity index is 1.89. The largest absolute Gasteiger partial charge is 0.461 e. The van der Waals surface area contributed by atoms with Gasteiger partial charge in [0.2, 0.25) is 0 Å². The molecule has 3 aliphatic rings. The Hall–Kier alpha value is -2.29. The SMILES string of the molecule is C/C=C(\C)C(=O)OCC1=C[C@@H]2C(=O)[C@]3(C=C(C)[C@H](O)[C@@]3(O)[C@@H]1O)[C@H](C)CC(C)(C)[C@@H]2OC(=O)CCCCCCCCCCC. The van der Waals surface area contributed by atoms with Gasteiger partial charge in [-0.25, -0.2) is 4.79 Å². The van der Waals surface area contributed by atoms with Crippen LogP contribution in [0, 0.1) is 22.7 Å². The second kappa shape index (κ2) is 14.9. The summed E-state index contributed by atoms with van der Waals surface area (Å²) < 4.78 is 11.6. The molecule has 0 saturated heterocycles. The molecular weight excluding hydrogens is 560 g/mol. The van der Waals surface area contributed by atoms with Crippen LogP contribution in [-0.2, 0) is 23.9 Å². The maximum atomic E-state index is 14.7. The number of carbonyl (C=O) groups excluding carboxylic acids is 3. The van der Waals surface area contributed by atoms with E-state index >= 15 is 0 Å². The highest BCUT2D eigenvalue weighted by atomic mass is 16.5. The summed E-state index contributed by atoms with van der Waals surface area (Å²) in [7, 11) is 0. The molecule has 0 aliphatic heterocycles. The fourth-order valence-corrected chi connectivity index (χ4v) is 7.81. The van der Waals surface area contributed by atoms with Crippen molar-refractivity contribution in [2.75, 3.05) is 6.61 Å². The van der Waals surface area contributed by atoms with Gasteiger partial charge >= 0.3 is 11.9 Å². The van der Waals surface area contributed by atoms with E-state index in [9.17, 15) is 29.7 Å². The standard InChI is InChI=1S/C36H56O8/c1-8-10-11-12-13-14-15-16-17-18-28(37)44-32-27-19-26(22-43-33(41)23(3)9-2)30(39)36(42)29(38)24(4)20-35(36,31(27)40)25(5)21-34(32,6)7/h9,19-20,25,27,29-30,32,38-39,42H,8,10-18,21-22H2,1-7H3/b23-9+/t25-,27-,29+,30-,32-,35+,36-/m1/s1. The lowest BCUT2D eigenvalue weighted by Crippen LogP contribution is -2.65. The van der Waals surface area contributed by atoms with E-state index in [1.165, 1.54) is 38.2 Å². The number of hydrogen-bond donors (Lipinski definition) is 3. The van der Waals surface area contributed by atoms with Crippen molar-refractivity contribution in [1.82, 2.24) is 0 Å². The molecule has 3 N–H and O–H groups in total. The molecule has 3 aliphatic carbocycles. The van der Waals surface area contributed by atoms with E-state index in [1.807, 2.05) is 20.8 Å². The second-order valence-electron chi connectivity index (χ2n) is 14.1. The van der Waals surface area contributed by atoms with Crippen molar-refractivity contribution < 1.29 is 39.2 Å². The van der Waals surface area contributed by atoms with Crippen LogP contribution in [0.25, 0.3) is 0 Å². The van der Waals surface area contributed by atoms with Gasteiger partial charge in [0.1, 0.15) is 30.5 Å². The van der Waals surface area contributed by atoms with Crippen molar-refractivity contribution in [1.29, 1.82) is 0 Å². The first-order valence-corrected chi connectivity index (χ1v) is 16.7. The van der Waals surface area contributed by atoms with Crippen molar-refractivity contribution in [2.45, 2.75) is 143 Å². The molecule has 0 aromatic carbocycles. The summed E-state index contributed by atoms with van der Waals surface area (Å²) in [6, 6.07) is 0. The molecule has 8 nitrogen and oxygen atoms in total. The van der Waals surface area contributed by atoms with Crippen molar-refractivity contribution in [3.8, 4) is 0 Å². The van der Waals surface area contributed by atoms with E-state index in [2.05, 4.69) is 6.92 Å². The minimum Gasteiger partial charge on any atom is -0.461 e. The average molecular weight is 617 g/mol. The van der Waals surface area contributed by atoms with E-state index in [0.717, 1.165) is 19.3 Å². The van der Waals surface area contributed by atoms with Gasteiger partial charge < -0.3 is 24.8 Å². The molecule has 8 heteroatoms.